The van der Waals surface area contributed by atoms with E-state index in [0.717, 1.165) is 38.1 Å². The Labute approximate surface area is 436 Å². The monoisotopic (exact) mass is 1040 g/mol. The van der Waals surface area contributed by atoms with E-state index in [-0.39, 0.29) is 111 Å². The van der Waals surface area contributed by atoms with Gasteiger partial charge in [0.05, 0.1) is 60.9 Å². The number of pyridine rings is 2. The first-order valence-electron chi connectivity index (χ1n) is 24.9. The van der Waals surface area contributed by atoms with Crippen LogP contribution in [0.3, 0.4) is 0 Å². The lowest BCUT2D eigenvalue weighted by molar-refractivity contribution is -0.157. The normalized spacial score (nSPS) is 15.9. The fourth-order valence-electron chi connectivity index (χ4n) is 9.47. The zero-order valence-corrected chi connectivity index (χ0v) is 42.5. The summed E-state index contributed by atoms with van der Waals surface area (Å²) in [4.78, 5) is 113. The van der Waals surface area contributed by atoms with Crippen LogP contribution in [-0.2, 0) is 80.2 Å². The van der Waals surface area contributed by atoms with Gasteiger partial charge in [-0.2, -0.15) is 0 Å². The molecule has 3 aromatic carbocycles. The number of aryl methyl sites for hydroxylation is 2. The van der Waals surface area contributed by atoms with Crippen LogP contribution in [0.25, 0.3) is 22.3 Å². The first-order chi connectivity index (χ1) is 36.6. The van der Waals surface area contributed by atoms with Gasteiger partial charge in [0, 0.05) is 53.1 Å². The number of amides is 7. The molecule has 1 aliphatic carbocycles. The number of fused-ring (bicyclic) bond motifs is 5. The number of rotatable bonds is 18. The molecule has 6 N–H and O–H groups in total. The predicted octanol–water partition coefficient (Wildman–Crippen LogP) is 2.88. The second kappa shape index (κ2) is 25.2. The number of aliphatic hydroxyl groups is 1. The minimum absolute atomic E-state index is 0.0556. The maximum atomic E-state index is 14.9. The average Bonchev–Trinajstić information content (AvgIpc) is 4.00. The molecule has 0 saturated heterocycles. The third-order valence-electron chi connectivity index (χ3n) is 13.1. The Balaban J connectivity index is 0.000000216. The third kappa shape index (κ3) is 12.7. The molecule has 3 unspecified atom stereocenters. The summed E-state index contributed by atoms with van der Waals surface area (Å²) in [6, 6.07) is 19.5. The SMILES string of the molecule is CC.CC(Cc1ccccc1)NC(=O)CNC(=O)CNC(=O)CCc1ccc(N2C(=O)C=CC2=O)cc1.Cc1c(F)cc2nc3c(c4c2c1CCC4COCNC(=O)CNC=O)Cn1c-3cc2c(c1=O)COC(=O)C2O. The van der Waals surface area contributed by atoms with Gasteiger partial charge in [-0.05, 0) is 85.5 Å². The Kier molecular flexibility index (Phi) is 18.3. The number of nitrogens with zero attached hydrogens (tertiary/aromatic N) is 3. The lowest BCUT2D eigenvalue weighted by Crippen LogP contribution is -2.44. The zero-order chi connectivity index (χ0) is 54.6. The molecule has 5 heterocycles. The fourth-order valence-corrected chi connectivity index (χ4v) is 9.47. The molecule has 3 atom stereocenters. The Morgan fingerprint density at radius 3 is 2.26 bits per heavy atom. The Bertz CT molecular complexity index is 3140. The number of anilines is 1. The molecule has 9 rings (SSSR count). The molecule has 0 saturated carbocycles. The van der Waals surface area contributed by atoms with Crippen LogP contribution in [-0.4, -0.2) is 101 Å². The number of ether oxygens (including phenoxy) is 2. The van der Waals surface area contributed by atoms with Crippen molar-refractivity contribution in [1.82, 2.24) is 36.1 Å². The topological polar surface area (TPSA) is 274 Å². The highest BCUT2D eigenvalue weighted by atomic mass is 19.1. The van der Waals surface area contributed by atoms with Crippen molar-refractivity contribution in [3.05, 3.63) is 140 Å². The summed E-state index contributed by atoms with van der Waals surface area (Å²) >= 11 is 0. The van der Waals surface area contributed by atoms with E-state index in [4.69, 9.17) is 14.5 Å². The van der Waals surface area contributed by atoms with Crippen molar-refractivity contribution in [2.75, 3.05) is 37.9 Å². The Morgan fingerprint density at radius 2 is 1.55 bits per heavy atom. The van der Waals surface area contributed by atoms with Gasteiger partial charge >= 0.3 is 5.97 Å². The second-order valence-electron chi connectivity index (χ2n) is 18.1. The van der Waals surface area contributed by atoms with Gasteiger partial charge in [0.15, 0.2) is 6.10 Å². The first-order valence-corrected chi connectivity index (χ1v) is 24.9. The maximum absolute atomic E-state index is 14.9. The van der Waals surface area contributed by atoms with E-state index < -0.39 is 23.9 Å². The van der Waals surface area contributed by atoms with Gasteiger partial charge in [-0.3, -0.25) is 38.4 Å². The van der Waals surface area contributed by atoms with E-state index in [9.17, 15) is 52.6 Å². The number of nitrogens with one attached hydrogen (secondary N) is 5. The van der Waals surface area contributed by atoms with Crippen LogP contribution in [0, 0.1) is 12.7 Å². The standard InChI is InChI=1S/C27H25FN4O7.C26H28N4O5.C2H6/c1-12-14-3-2-13(8-38-11-30-21(34)6-29-10-33)22-16-7-32-20(24(16)31-19(23(14)22)5-18(12)28)4-15-17(26(32)36)9-39-27(37)25(15)35;1-18(15-20-5-3-2-4-6-20)29-24(33)17-28-23(32)16-27-22(31)12-9-19-7-10-21(11-8-19)30-25(34)13-14-26(30)35;1-2/h4-5,10,13,25,35H,2-3,6-9,11H2,1H3,(H,29,33)(H,30,34);2-8,10-11,13-14,18H,9,12,15-17H2,1H3,(H,27,31)(H,28,32)(H,29,33);1-2H3. The van der Waals surface area contributed by atoms with E-state index in [1.165, 1.54) is 18.2 Å². The summed E-state index contributed by atoms with van der Waals surface area (Å²) in [7, 11) is 0. The molecule has 20 nitrogen and oxygen atoms in total. The number of carbonyl (C=O) groups excluding carboxylic acids is 8. The molecule has 76 heavy (non-hydrogen) atoms. The number of cyclic esters (lactones) is 1. The van der Waals surface area contributed by atoms with Gasteiger partial charge in [-0.15, -0.1) is 0 Å². The third-order valence-corrected chi connectivity index (χ3v) is 13.1. The molecule has 5 aromatic rings. The van der Waals surface area contributed by atoms with Gasteiger partial charge in [0.2, 0.25) is 30.0 Å². The first kappa shape index (κ1) is 55.3. The summed E-state index contributed by atoms with van der Waals surface area (Å²) in [5.41, 5.74) is 7.03. The molecule has 2 aromatic heterocycles. The maximum Gasteiger partial charge on any atom is 0.340 e. The number of benzene rings is 3. The minimum atomic E-state index is -1.57. The number of esters is 1. The van der Waals surface area contributed by atoms with Crippen molar-refractivity contribution in [2.24, 2.45) is 0 Å². The average molecular weight is 1040 g/mol. The van der Waals surface area contributed by atoms with Crippen LogP contribution < -0.4 is 37.0 Å². The Hall–Kier alpha value is -8.43. The number of hydrogen-bond donors (Lipinski definition) is 6. The molecular weight excluding hydrogens is 984 g/mol. The molecule has 4 aliphatic rings. The summed E-state index contributed by atoms with van der Waals surface area (Å²) in [5, 5.41) is 24.0. The fraction of sp³-hybridized carbons (Fsp3) is 0.345. The van der Waals surface area contributed by atoms with Gasteiger partial charge in [0.25, 0.3) is 17.4 Å². The van der Waals surface area contributed by atoms with Gasteiger partial charge < -0.3 is 45.7 Å². The highest BCUT2D eigenvalue weighted by Crippen LogP contribution is 2.46. The molecule has 7 amide bonds. The van der Waals surface area contributed by atoms with Gasteiger partial charge in [-0.25, -0.2) is 19.1 Å². The second-order valence-corrected chi connectivity index (χ2v) is 18.1. The van der Waals surface area contributed by atoms with E-state index in [1.807, 2.05) is 51.1 Å². The summed E-state index contributed by atoms with van der Waals surface area (Å²) in [6.45, 7) is 7.28. The Morgan fingerprint density at radius 1 is 0.868 bits per heavy atom. The van der Waals surface area contributed by atoms with Gasteiger partial charge in [0.1, 0.15) is 19.2 Å². The lowest BCUT2D eigenvalue weighted by Gasteiger charge is -2.29. The minimum Gasteiger partial charge on any atom is -0.458 e. The zero-order valence-electron chi connectivity index (χ0n) is 42.5. The number of halogens is 1. The van der Waals surface area contributed by atoms with E-state index >= 15 is 0 Å². The summed E-state index contributed by atoms with van der Waals surface area (Å²) in [5.74, 6) is -3.54. The number of aliphatic hydroxyl groups excluding tert-OH is 1. The number of carbonyl (C=O) groups is 8. The van der Waals surface area contributed by atoms with Crippen molar-refractivity contribution in [2.45, 2.75) is 91.0 Å². The van der Waals surface area contributed by atoms with Crippen molar-refractivity contribution < 1.29 is 57.3 Å². The van der Waals surface area contributed by atoms with Crippen LogP contribution in [0.1, 0.15) is 90.1 Å². The molecule has 0 radical (unpaired) electrons. The molecule has 398 valence electrons. The largest absolute Gasteiger partial charge is 0.458 e. The molecule has 3 aliphatic heterocycles. The molecular formula is C55H59FN8O12. The summed E-state index contributed by atoms with van der Waals surface area (Å²) in [6.07, 6.45) is 3.85. The van der Waals surface area contributed by atoms with Crippen LogP contribution in [0.4, 0.5) is 10.1 Å². The van der Waals surface area contributed by atoms with E-state index in [0.29, 0.717) is 60.2 Å². The predicted molar refractivity (Wildman–Crippen MR) is 276 cm³/mol. The molecule has 0 bridgehead atoms. The van der Waals surface area contributed by atoms with Gasteiger partial charge in [-0.1, -0.05) is 56.3 Å². The molecule has 21 heteroatoms. The number of aromatic nitrogens is 2. The van der Waals surface area contributed by atoms with Crippen LogP contribution in [0.15, 0.2) is 83.7 Å². The lowest BCUT2D eigenvalue weighted by atomic mass is 9.78. The molecule has 0 fully saturated rings. The van der Waals surface area contributed by atoms with Crippen molar-refractivity contribution in [3.8, 4) is 11.4 Å². The van der Waals surface area contributed by atoms with Crippen molar-refractivity contribution >= 4 is 64.4 Å². The summed E-state index contributed by atoms with van der Waals surface area (Å²) < 4.78 is 27.2. The van der Waals surface area contributed by atoms with Crippen LogP contribution in [0.5, 0.6) is 0 Å². The van der Waals surface area contributed by atoms with E-state index in [1.54, 1.807) is 41.8 Å². The quantitative estimate of drug-likeness (QED) is 0.0238. The van der Waals surface area contributed by atoms with E-state index in [2.05, 4.69) is 26.6 Å². The smallest absolute Gasteiger partial charge is 0.340 e. The highest BCUT2D eigenvalue weighted by Gasteiger charge is 2.37. The van der Waals surface area contributed by atoms with Crippen molar-refractivity contribution in [1.29, 1.82) is 0 Å². The highest BCUT2D eigenvalue weighted by molar-refractivity contribution is 6.28. The van der Waals surface area contributed by atoms with Crippen molar-refractivity contribution in [3.63, 3.8) is 0 Å². The van der Waals surface area contributed by atoms with Crippen LogP contribution >= 0.6 is 0 Å². The number of hydrogen-bond acceptors (Lipinski definition) is 13. The van der Waals surface area contributed by atoms with Crippen LogP contribution in [0.2, 0.25) is 0 Å². The molecule has 0 spiro atoms. The number of imide groups is 1.